The second-order valence-electron chi connectivity index (χ2n) is 2.51. The molecule has 0 aliphatic heterocycles. The molecule has 70 valence electrons. The van der Waals surface area contributed by atoms with Crippen molar-refractivity contribution in [3.63, 3.8) is 0 Å². The number of terminal acetylenes is 1. The van der Waals surface area contributed by atoms with Crippen LogP contribution in [0, 0.1) is 12.3 Å². The molecular formula is C9H17NOS. The Balaban J connectivity index is 3.11. The molecule has 2 nitrogen and oxygen atoms in total. The van der Waals surface area contributed by atoms with E-state index in [-0.39, 0.29) is 0 Å². The standard InChI is InChI=1S/C9H17NOS/c1-4-5-10-8-9(2)12-7-6-11-3/h1,9-10H,5-8H2,2-3H3. The lowest BCUT2D eigenvalue weighted by molar-refractivity contribution is 0.218. The van der Waals surface area contributed by atoms with Gasteiger partial charge in [0.15, 0.2) is 0 Å². The average Bonchev–Trinajstić information content (AvgIpc) is 2.06. The molecule has 0 aromatic heterocycles. The normalized spacial score (nSPS) is 12.4. The van der Waals surface area contributed by atoms with Crippen LogP contribution in [0.25, 0.3) is 0 Å². The molecule has 0 radical (unpaired) electrons. The number of rotatable bonds is 7. The van der Waals surface area contributed by atoms with Crippen LogP contribution in [0.5, 0.6) is 0 Å². The van der Waals surface area contributed by atoms with Crippen molar-refractivity contribution in [2.45, 2.75) is 12.2 Å². The molecule has 3 heteroatoms. The van der Waals surface area contributed by atoms with E-state index >= 15 is 0 Å². The highest BCUT2D eigenvalue weighted by Gasteiger charge is 1.99. The first kappa shape index (κ1) is 11.8. The molecule has 0 aliphatic carbocycles. The maximum atomic E-state index is 5.10. The molecule has 0 saturated heterocycles. The van der Waals surface area contributed by atoms with Crippen molar-refractivity contribution in [2.24, 2.45) is 0 Å². The minimum Gasteiger partial charge on any atom is -0.384 e. The van der Waals surface area contributed by atoms with Crippen molar-refractivity contribution in [1.29, 1.82) is 0 Å². The number of nitrogens with one attached hydrogen (secondary N) is 1. The number of methoxy groups -OCH3 is 1. The SMILES string of the molecule is C#CCNCC(C)SCCOC. The molecule has 0 spiro atoms. The molecule has 0 fully saturated rings. The maximum Gasteiger partial charge on any atom is 0.0574 e. The number of ether oxygens (including phenoxy) is 1. The molecule has 0 heterocycles. The Morgan fingerprint density at radius 2 is 2.42 bits per heavy atom. The molecule has 0 aromatic carbocycles. The van der Waals surface area contributed by atoms with Gasteiger partial charge in [0, 0.05) is 24.7 Å². The molecule has 1 N–H and O–H groups in total. The Morgan fingerprint density at radius 3 is 3.00 bits per heavy atom. The first-order chi connectivity index (χ1) is 5.81. The van der Waals surface area contributed by atoms with E-state index in [1.165, 1.54) is 0 Å². The quantitative estimate of drug-likeness (QED) is 0.474. The second kappa shape index (κ2) is 8.92. The Morgan fingerprint density at radius 1 is 1.67 bits per heavy atom. The van der Waals surface area contributed by atoms with E-state index < -0.39 is 0 Å². The van der Waals surface area contributed by atoms with Gasteiger partial charge in [0.2, 0.25) is 0 Å². The van der Waals surface area contributed by atoms with Gasteiger partial charge in [-0.15, -0.1) is 6.42 Å². The summed E-state index contributed by atoms with van der Waals surface area (Å²) in [5, 5.41) is 3.77. The van der Waals surface area contributed by atoms with Crippen molar-refractivity contribution in [3.8, 4) is 12.3 Å². The van der Waals surface area contributed by atoms with Crippen molar-refractivity contribution in [2.75, 3.05) is 32.6 Å². The molecule has 1 atom stereocenters. The Hall–Kier alpha value is -0.170. The van der Waals surface area contributed by atoms with Crippen LogP contribution in [0.15, 0.2) is 0 Å². The summed E-state index contributed by atoms with van der Waals surface area (Å²) in [5.74, 6) is 3.60. The van der Waals surface area contributed by atoms with E-state index in [4.69, 9.17) is 11.2 Å². The number of hydrogen-bond donors (Lipinski definition) is 1. The molecule has 1 unspecified atom stereocenters. The van der Waals surface area contributed by atoms with Crippen LogP contribution < -0.4 is 5.32 Å². The summed E-state index contributed by atoms with van der Waals surface area (Å²) in [6.45, 7) is 4.64. The number of hydrogen-bond acceptors (Lipinski definition) is 3. The van der Waals surface area contributed by atoms with Gasteiger partial charge in [0.25, 0.3) is 0 Å². The fraction of sp³-hybridized carbons (Fsp3) is 0.778. The van der Waals surface area contributed by atoms with Gasteiger partial charge in [0.05, 0.1) is 13.2 Å². The first-order valence-electron chi connectivity index (χ1n) is 4.06. The molecule has 12 heavy (non-hydrogen) atoms. The zero-order valence-corrected chi connectivity index (χ0v) is 8.62. The van der Waals surface area contributed by atoms with Gasteiger partial charge in [-0.25, -0.2) is 0 Å². The van der Waals surface area contributed by atoms with Gasteiger partial charge < -0.3 is 10.1 Å². The Bertz CT molecular complexity index is 133. The van der Waals surface area contributed by atoms with Gasteiger partial charge in [-0.3, -0.25) is 0 Å². The maximum absolute atomic E-state index is 5.10. The highest BCUT2D eigenvalue weighted by molar-refractivity contribution is 7.99. The smallest absolute Gasteiger partial charge is 0.0574 e. The Kier molecular flexibility index (Phi) is 8.80. The molecule has 0 saturated carbocycles. The summed E-state index contributed by atoms with van der Waals surface area (Å²) in [4.78, 5) is 0. The van der Waals surface area contributed by atoms with E-state index in [1.807, 2.05) is 11.8 Å². The molecule has 0 aliphatic rings. The van der Waals surface area contributed by atoms with Crippen LogP contribution >= 0.6 is 11.8 Å². The molecule has 0 bridgehead atoms. The summed E-state index contributed by atoms with van der Waals surface area (Å²) in [5.41, 5.74) is 0. The predicted octanol–water partition coefficient (Wildman–Crippen LogP) is 0.977. The lowest BCUT2D eigenvalue weighted by Gasteiger charge is -2.10. The van der Waals surface area contributed by atoms with Crippen molar-refractivity contribution in [1.82, 2.24) is 5.32 Å². The van der Waals surface area contributed by atoms with Gasteiger partial charge >= 0.3 is 0 Å². The molecule has 0 amide bonds. The topological polar surface area (TPSA) is 21.3 Å². The zero-order valence-electron chi connectivity index (χ0n) is 7.80. The van der Waals surface area contributed by atoms with Crippen LogP contribution in [0.4, 0.5) is 0 Å². The average molecular weight is 187 g/mol. The van der Waals surface area contributed by atoms with Gasteiger partial charge in [-0.05, 0) is 0 Å². The van der Waals surface area contributed by atoms with Gasteiger partial charge in [-0.1, -0.05) is 12.8 Å². The first-order valence-corrected chi connectivity index (χ1v) is 5.10. The highest BCUT2D eigenvalue weighted by atomic mass is 32.2. The molecule has 0 aromatic rings. The minimum atomic E-state index is 0.605. The summed E-state index contributed by atoms with van der Waals surface area (Å²) >= 11 is 1.90. The van der Waals surface area contributed by atoms with E-state index in [0.29, 0.717) is 11.8 Å². The minimum absolute atomic E-state index is 0.605. The van der Waals surface area contributed by atoms with Gasteiger partial charge in [0.1, 0.15) is 0 Å². The summed E-state index contributed by atoms with van der Waals surface area (Å²) in [6.07, 6.45) is 5.10. The summed E-state index contributed by atoms with van der Waals surface area (Å²) < 4.78 is 4.94. The van der Waals surface area contributed by atoms with Crippen LogP contribution in [-0.4, -0.2) is 37.8 Å². The number of thioether (sulfide) groups is 1. The summed E-state index contributed by atoms with van der Waals surface area (Å²) in [6, 6.07) is 0. The highest BCUT2D eigenvalue weighted by Crippen LogP contribution is 2.08. The van der Waals surface area contributed by atoms with Crippen LogP contribution in [0.1, 0.15) is 6.92 Å². The lowest BCUT2D eigenvalue weighted by Crippen LogP contribution is -2.23. The third-order valence-corrected chi connectivity index (χ3v) is 2.49. The summed E-state index contributed by atoms with van der Waals surface area (Å²) in [7, 11) is 1.72. The fourth-order valence-corrected chi connectivity index (χ4v) is 1.64. The van der Waals surface area contributed by atoms with Gasteiger partial charge in [-0.2, -0.15) is 11.8 Å². The fourth-order valence-electron chi connectivity index (χ4n) is 0.739. The lowest BCUT2D eigenvalue weighted by atomic mass is 10.4. The third kappa shape index (κ3) is 7.93. The Labute approximate surface area is 79.4 Å². The monoisotopic (exact) mass is 187 g/mol. The molecule has 0 rings (SSSR count). The van der Waals surface area contributed by atoms with E-state index in [0.717, 1.165) is 18.9 Å². The van der Waals surface area contributed by atoms with Crippen LogP contribution in [0.2, 0.25) is 0 Å². The third-order valence-electron chi connectivity index (χ3n) is 1.35. The van der Waals surface area contributed by atoms with Crippen molar-refractivity contribution >= 4 is 11.8 Å². The zero-order chi connectivity index (χ0) is 9.23. The van der Waals surface area contributed by atoms with Crippen molar-refractivity contribution in [3.05, 3.63) is 0 Å². The van der Waals surface area contributed by atoms with E-state index in [2.05, 4.69) is 18.2 Å². The van der Waals surface area contributed by atoms with E-state index in [1.54, 1.807) is 7.11 Å². The van der Waals surface area contributed by atoms with Crippen molar-refractivity contribution < 1.29 is 4.74 Å². The van der Waals surface area contributed by atoms with Crippen LogP contribution in [-0.2, 0) is 4.74 Å². The van der Waals surface area contributed by atoms with E-state index in [9.17, 15) is 0 Å². The molecular weight excluding hydrogens is 170 g/mol. The van der Waals surface area contributed by atoms with Crippen LogP contribution in [0.3, 0.4) is 0 Å². The predicted molar refractivity (Wildman–Crippen MR) is 55.5 cm³/mol. The second-order valence-corrected chi connectivity index (χ2v) is 4.06. The largest absolute Gasteiger partial charge is 0.384 e.